The summed E-state index contributed by atoms with van der Waals surface area (Å²) in [5.74, 6) is 0.445. The number of hydrogen-bond acceptors (Lipinski definition) is 4. The van der Waals surface area contributed by atoms with E-state index in [4.69, 9.17) is 15.3 Å². The van der Waals surface area contributed by atoms with Gasteiger partial charge in [0, 0.05) is 17.7 Å². The van der Waals surface area contributed by atoms with Crippen LogP contribution in [0.4, 0.5) is 0 Å². The summed E-state index contributed by atoms with van der Waals surface area (Å²) in [5.41, 5.74) is 7.55. The summed E-state index contributed by atoms with van der Waals surface area (Å²) in [4.78, 5) is 19.3. The first kappa shape index (κ1) is 17.9. The summed E-state index contributed by atoms with van der Waals surface area (Å²) in [6, 6.07) is 9.17. The minimum absolute atomic E-state index is 0.111. The largest absolute Gasteiger partial charge is 0.481 e. The Kier molecular flexibility index (Phi) is 6.31. The SMILES string of the molecule is CC(C)c1ccc(OCC(=O)ON=C(N)c2cc[nH+]cc2)c(Br)c1. The molecule has 0 bridgehead atoms. The minimum atomic E-state index is -0.639. The molecule has 24 heavy (non-hydrogen) atoms. The number of nitrogens with one attached hydrogen (secondary N) is 1. The predicted molar refractivity (Wildman–Crippen MR) is 93.5 cm³/mol. The highest BCUT2D eigenvalue weighted by atomic mass is 79.9. The summed E-state index contributed by atoms with van der Waals surface area (Å²) in [5, 5.41) is 3.61. The number of nitrogens with two attached hydrogens (primary N) is 1. The molecule has 1 aromatic carbocycles. The smallest absolute Gasteiger partial charge is 0.372 e. The Bertz CT molecular complexity index is 733. The van der Waals surface area contributed by atoms with Gasteiger partial charge in [0.1, 0.15) is 5.75 Å². The lowest BCUT2D eigenvalue weighted by atomic mass is 10.0. The zero-order chi connectivity index (χ0) is 17.5. The van der Waals surface area contributed by atoms with E-state index in [1.54, 1.807) is 24.5 Å². The Balaban J connectivity index is 1.89. The van der Waals surface area contributed by atoms with Crippen molar-refractivity contribution in [1.29, 1.82) is 0 Å². The lowest BCUT2D eigenvalue weighted by Crippen LogP contribution is -2.18. The van der Waals surface area contributed by atoms with E-state index >= 15 is 0 Å². The second-order valence-corrected chi connectivity index (χ2v) is 6.22. The number of halogens is 1. The van der Waals surface area contributed by atoms with Crippen LogP contribution in [-0.4, -0.2) is 18.4 Å². The highest BCUT2D eigenvalue weighted by Crippen LogP contribution is 2.28. The van der Waals surface area contributed by atoms with Gasteiger partial charge >= 0.3 is 5.97 Å². The number of pyridine rings is 1. The maximum absolute atomic E-state index is 11.7. The fraction of sp³-hybridized carbons (Fsp3) is 0.235. The van der Waals surface area contributed by atoms with Crippen molar-refractivity contribution < 1.29 is 19.4 Å². The number of carbonyl (C=O) groups is 1. The molecule has 7 heteroatoms. The van der Waals surface area contributed by atoms with Crippen LogP contribution in [0, 0.1) is 0 Å². The van der Waals surface area contributed by atoms with Crippen molar-refractivity contribution in [3.05, 3.63) is 58.3 Å². The summed E-state index contributed by atoms with van der Waals surface area (Å²) in [6.07, 6.45) is 3.39. The van der Waals surface area contributed by atoms with Crippen molar-refractivity contribution in [1.82, 2.24) is 0 Å². The van der Waals surface area contributed by atoms with E-state index in [9.17, 15) is 4.79 Å². The number of amidine groups is 1. The monoisotopic (exact) mass is 392 g/mol. The van der Waals surface area contributed by atoms with Gasteiger partial charge in [0.2, 0.25) is 0 Å². The molecule has 2 aromatic rings. The van der Waals surface area contributed by atoms with Gasteiger partial charge in [-0.15, -0.1) is 0 Å². The molecule has 0 aliphatic heterocycles. The molecule has 1 heterocycles. The summed E-state index contributed by atoms with van der Waals surface area (Å²) in [7, 11) is 0. The van der Waals surface area contributed by atoms with Crippen LogP contribution in [-0.2, 0) is 9.63 Å². The lowest BCUT2D eigenvalue weighted by Gasteiger charge is -2.10. The van der Waals surface area contributed by atoms with Crippen LogP contribution in [0.3, 0.4) is 0 Å². The van der Waals surface area contributed by atoms with Crippen molar-refractivity contribution in [3.8, 4) is 5.75 Å². The molecule has 0 aliphatic carbocycles. The third-order valence-electron chi connectivity index (χ3n) is 3.23. The molecule has 0 saturated carbocycles. The predicted octanol–water partition coefficient (Wildman–Crippen LogP) is 2.63. The van der Waals surface area contributed by atoms with Crippen molar-refractivity contribution in [2.45, 2.75) is 19.8 Å². The van der Waals surface area contributed by atoms with Crippen molar-refractivity contribution in [2.75, 3.05) is 6.61 Å². The van der Waals surface area contributed by atoms with Crippen LogP contribution in [0.5, 0.6) is 5.75 Å². The maximum Gasteiger partial charge on any atom is 0.372 e. The highest BCUT2D eigenvalue weighted by molar-refractivity contribution is 9.10. The molecule has 126 valence electrons. The van der Waals surface area contributed by atoms with Gasteiger partial charge in [0.15, 0.2) is 24.8 Å². The maximum atomic E-state index is 11.7. The molecule has 3 N–H and O–H groups in total. The topological polar surface area (TPSA) is 88.0 Å². The van der Waals surface area contributed by atoms with Gasteiger partial charge in [-0.05, 0) is 39.5 Å². The van der Waals surface area contributed by atoms with Crippen molar-refractivity contribution in [3.63, 3.8) is 0 Å². The first-order valence-corrected chi connectivity index (χ1v) is 8.18. The van der Waals surface area contributed by atoms with Crippen molar-refractivity contribution in [2.24, 2.45) is 10.9 Å². The molecule has 0 spiro atoms. The van der Waals surface area contributed by atoms with E-state index in [1.165, 1.54) is 5.56 Å². The van der Waals surface area contributed by atoms with Gasteiger partial charge in [0.05, 0.1) is 4.47 Å². The molecular weight excluding hydrogens is 374 g/mol. The van der Waals surface area contributed by atoms with Gasteiger partial charge in [0.25, 0.3) is 0 Å². The number of rotatable bonds is 6. The number of carbonyl (C=O) groups excluding carboxylic acids is 1. The number of H-pyrrole nitrogens is 1. The van der Waals surface area contributed by atoms with E-state index in [0.717, 1.165) is 4.47 Å². The Labute approximate surface area is 148 Å². The van der Waals surface area contributed by atoms with E-state index in [2.05, 4.69) is 39.9 Å². The number of ether oxygens (including phenoxy) is 1. The molecule has 0 aliphatic rings. The quantitative estimate of drug-likeness (QED) is 0.354. The Morgan fingerprint density at radius 1 is 1.29 bits per heavy atom. The molecule has 1 aromatic heterocycles. The Morgan fingerprint density at radius 3 is 2.62 bits per heavy atom. The van der Waals surface area contributed by atoms with Crippen LogP contribution in [0.15, 0.2) is 52.4 Å². The lowest BCUT2D eigenvalue weighted by molar-refractivity contribution is -0.378. The number of hydrogen-bond donors (Lipinski definition) is 1. The fourth-order valence-corrected chi connectivity index (χ4v) is 2.38. The van der Waals surface area contributed by atoms with Gasteiger partial charge in [-0.1, -0.05) is 25.1 Å². The fourth-order valence-electron chi connectivity index (χ4n) is 1.87. The summed E-state index contributed by atoms with van der Waals surface area (Å²) in [6.45, 7) is 3.94. The Morgan fingerprint density at radius 2 is 2.00 bits per heavy atom. The molecule has 0 fully saturated rings. The van der Waals surface area contributed by atoms with E-state index in [-0.39, 0.29) is 12.4 Å². The zero-order valence-electron chi connectivity index (χ0n) is 13.5. The van der Waals surface area contributed by atoms with E-state index < -0.39 is 5.97 Å². The summed E-state index contributed by atoms with van der Waals surface area (Å²) >= 11 is 3.43. The molecule has 0 amide bonds. The van der Waals surface area contributed by atoms with Crippen molar-refractivity contribution >= 4 is 27.7 Å². The van der Waals surface area contributed by atoms with Gasteiger partial charge < -0.3 is 15.3 Å². The highest BCUT2D eigenvalue weighted by Gasteiger charge is 2.09. The molecule has 0 saturated heterocycles. The number of aromatic amines is 1. The number of aromatic nitrogens is 1. The van der Waals surface area contributed by atoms with Crippen LogP contribution >= 0.6 is 15.9 Å². The van der Waals surface area contributed by atoms with Crippen LogP contribution in [0.1, 0.15) is 30.9 Å². The number of oxime groups is 1. The zero-order valence-corrected chi connectivity index (χ0v) is 15.0. The molecular formula is C17H19BrN3O3+. The molecule has 0 atom stereocenters. The molecule has 6 nitrogen and oxygen atoms in total. The standard InChI is InChI=1S/C17H18BrN3O3/c1-11(2)13-3-4-15(14(18)9-13)23-10-16(22)24-21-17(19)12-5-7-20-8-6-12/h3-9,11H,10H2,1-2H3,(H2,19,21)/p+1. The second-order valence-electron chi connectivity index (χ2n) is 5.36. The first-order chi connectivity index (χ1) is 11.5. The molecule has 0 unspecified atom stereocenters. The molecule has 2 rings (SSSR count). The van der Waals surface area contributed by atoms with Crippen LogP contribution in [0.25, 0.3) is 0 Å². The first-order valence-electron chi connectivity index (χ1n) is 7.39. The Hall–Kier alpha value is -2.41. The average Bonchev–Trinajstić information content (AvgIpc) is 2.59. The average molecular weight is 393 g/mol. The van der Waals surface area contributed by atoms with Gasteiger partial charge in [-0.2, -0.15) is 0 Å². The van der Waals surface area contributed by atoms with Crippen LogP contribution in [0.2, 0.25) is 0 Å². The third kappa shape index (κ3) is 5.06. The van der Waals surface area contributed by atoms with E-state index in [1.807, 2.05) is 18.2 Å². The number of benzene rings is 1. The minimum Gasteiger partial charge on any atom is -0.481 e. The third-order valence-corrected chi connectivity index (χ3v) is 3.85. The van der Waals surface area contributed by atoms with Crippen LogP contribution < -0.4 is 15.5 Å². The van der Waals surface area contributed by atoms with Gasteiger partial charge in [-0.25, -0.2) is 9.78 Å². The van der Waals surface area contributed by atoms with E-state index in [0.29, 0.717) is 17.2 Å². The summed E-state index contributed by atoms with van der Waals surface area (Å²) < 4.78 is 6.22. The second kappa shape index (κ2) is 8.44. The van der Waals surface area contributed by atoms with Gasteiger partial charge in [-0.3, -0.25) is 0 Å². The number of nitrogens with zero attached hydrogens (tertiary/aromatic N) is 1. The normalized spacial score (nSPS) is 11.4. The molecule has 0 radical (unpaired) electrons.